The van der Waals surface area contributed by atoms with Crippen LogP contribution in [0.25, 0.3) is 0 Å². The summed E-state index contributed by atoms with van der Waals surface area (Å²) in [4.78, 5) is 5.13. The third-order valence-electron chi connectivity index (χ3n) is 1.92. The zero-order chi connectivity index (χ0) is 11.4. The number of halogens is 2. The Hall–Kier alpha value is -0.430. The number of rotatable bonds is 5. The average Bonchev–Trinajstić information content (AvgIpc) is 2.85. The lowest BCUT2D eigenvalue weighted by Crippen LogP contribution is -2.16. The van der Waals surface area contributed by atoms with Crippen LogP contribution in [0.4, 0.5) is 0 Å². The molecule has 0 fully saturated rings. The highest BCUT2D eigenvalue weighted by Gasteiger charge is 2.04. The second kappa shape index (κ2) is 5.77. The van der Waals surface area contributed by atoms with Crippen LogP contribution in [-0.4, -0.2) is 16.7 Å². The summed E-state index contributed by atoms with van der Waals surface area (Å²) in [5, 5.41) is 6.82. The van der Waals surface area contributed by atoms with Crippen molar-refractivity contribution >= 4 is 38.9 Å². The molecule has 2 aromatic heterocycles. The highest BCUT2D eigenvalue weighted by molar-refractivity contribution is 9.10. The van der Waals surface area contributed by atoms with Gasteiger partial charge in [-0.1, -0.05) is 16.8 Å². The largest absolute Gasteiger partial charge is 0.340 e. The van der Waals surface area contributed by atoms with E-state index >= 15 is 0 Å². The molecule has 16 heavy (non-hydrogen) atoms. The van der Waals surface area contributed by atoms with Gasteiger partial charge < -0.3 is 9.84 Å². The van der Waals surface area contributed by atoms with Crippen LogP contribution in [0.15, 0.2) is 21.4 Å². The van der Waals surface area contributed by atoms with Crippen molar-refractivity contribution in [2.75, 3.05) is 6.54 Å². The van der Waals surface area contributed by atoms with Crippen molar-refractivity contribution in [3.05, 3.63) is 32.0 Å². The van der Waals surface area contributed by atoms with Gasteiger partial charge in [-0.3, -0.25) is 0 Å². The first-order chi connectivity index (χ1) is 7.75. The van der Waals surface area contributed by atoms with E-state index in [1.807, 2.05) is 6.07 Å². The zero-order valence-corrected chi connectivity index (χ0v) is 11.4. The van der Waals surface area contributed by atoms with E-state index in [-0.39, 0.29) is 0 Å². The van der Waals surface area contributed by atoms with Crippen LogP contribution < -0.4 is 5.32 Å². The molecular weight excluding hydrogens is 314 g/mol. The molecule has 2 rings (SSSR count). The summed E-state index contributed by atoms with van der Waals surface area (Å²) < 4.78 is 6.62. The van der Waals surface area contributed by atoms with Crippen LogP contribution in [0.5, 0.6) is 0 Å². The van der Waals surface area contributed by atoms with E-state index in [2.05, 4.69) is 31.4 Å². The van der Waals surface area contributed by atoms with Crippen molar-refractivity contribution in [3.63, 3.8) is 0 Å². The van der Waals surface area contributed by atoms with Gasteiger partial charge in [-0.25, -0.2) is 0 Å². The molecule has 0 aliphatic carbocycles. The van der Waals surface area contributed by atoms with Crippen LogP contribution in [0.2, 0.25) is 4.34 Å². The van der Waals surface area contributed by atoms with E-state index in [1.54, 1.807) is 11.3 Å². The van der Waals surface area contributed by atoms with Gasteiger partial charge in [-0.15, -0.1) is 11.3 Å². The number of hydrogen-bond acceptors (Lipinski definition) is 5. The lowest BCUT2D eigenvalue weighted by atomic mass is 10.4. The second-order valence-electron chi connectivity index (χ2n) is 3.10. The summed E-state index contributed by atoms with van der Waals surface area (Å²) in [5.74, 6) is 0.651. The number of nitrogens with one attached hydrogen (secondary N) is 1. The summed E-state index contributed by atoms with van der Waals surface area (Å²) in [6.45, 7) is 1.60. The van der Waals surface area contributed by atoms with Crippen LogP contribution >= 0.6 is 38.9 Å². The topological polar surface area (TPSA) is 51.0 Å². The Morgan fingerprint density at radius 1 is 1.56 bits per heavy atom. The molecule has 0 unspecified atom stereocenters. The highest BCUT2D eigenvalue weighted by atomic mass is 79.9. The minimum Gasteiger partial charge on any atom is -0.340 e. The molecule has 0 saturated heterocycles. The predicted molar refractivity (Wildman–Crippen MR) is 66.7 cm³/mol. The van der Waals surface area contributed by atoms with Crippen molar-refractivity contribution in [1.82, 2.24) is 15.5 Å². The SMILES string of the molecule is Clc1sc(CNCCc2ncno2)cc1Br. The minimum atomic E-state index is 0.651. The molecule has 1 N–H and O–H groups in total. The van der Waals surface area contributed by atoms with Crippen LogP contribution in [0.1, 0.15) is 10.8 Å². The van der Waals surface area contributed by atoms with Crippen molar-refractivity contribution in [1.29, 1.82) is 0 Å². The van der Waals surface area contributed by atoms with Gasteiger partial charge in [0.15, 0.2) is 6.33 Å². The average molecular weight is 323 g/mol. The van der Waals surface area contributed by atoms with Crippen LogP contribution in [0.3, 0.4) is 0 Å². The molecule has 0 atom stereocenters. The first-order valence-electron chi connectivity index (χ1n) is 4.65. The van der Waals surface area contributed by atoms with Crippen molar-refractivity contribution in [3.8, 4) is 0 Å². The van der Waals surface area contributed by atoms with Gasteiger partial charge in [0.05, 0.1) is 0 Å². The Morgan fingerprint density at radius 3 is 3.06 bits per heavy atom. The molecule has 2 aromatic rings. The lowest BCUT2D eigenvalue weighted by molar-refractivity contribution is 0.375. The third-order valence-corrected chi connectivity index (χ3v) is 4.39. The van der Waals surface area contributed by atoms with E-state index in [0.29, 0.717) is 5.89 Å². The molecule has 7 heteroatoms. The van der Waals surface area contributed by atoms with E-state index < -0.39 is 0 Å². The number of aromatic nitrogens is 2. The maximum atomic E-state index is 5.93. The highest BCUT2D eigenvalue weighted by Crippen LogP contribution is 2.31. The van der Waals surface area contributed by atoms with Gasteiger partial charge in [-0.2, -0.15) is 4.98 Å². The quantitative estimate of drug-likeness (QED) is 0.860. The van der Waals surface area contributed by atoms with Crippen molar-refractivity contribution in [2.45, 2.75) is 13.0 Å². The summed E-state index contributed by atoms with van der Waals surface area (Å²) in [6.07, 6.45) is 2.14. The van der Waals surface area contributed by atoms with Gasteiger partial charge in [0.1, 0.15) is 4.34 Å². The molecule has 0 amide bonds. The maximum absolute atomic E-state index is 5.93. The standard InChI is InChI=1S/C9H9BrClN3OS/c10-7-3-6(16-9(7)11)4-12-2-1-8-13-5-14-15-8/h3,5,12H,1-2,4H2. The van der Waals surface area contributed by atoms with Gasteiger partial charge >= 0.3 is 0 Å². The van der Waals surface area contributed by atoms with E-state index in [9.17, 15) is 0 Å². The summed E-state index contributed by atoms with van der Waals surface area (Å²) in [7, 11) is 0. The molecule has 0 spiro atoms. The monoisotopic (exact) mass is 321 g/mol. The minimum absolute atomic E-state index is 0.651. The second-order valence-corrected chi connectivity index (χ2v) is 5.69. The molecule has 0 saturated carbocycles. The van der Waals surface area contributed by atoms with E-state index in [0.717, 1.165) is 28.3 Å². The molecule has 0 aliphatic rings. The number of thiophene rings is 1. The smallest absolute Gasteiger partial charge is 0.227 e. The van der Waals surface area contributed by atoms with Gasteiger partial charge in [0.25, 0.3) is 0 Å². The maximum Gasteiger partial charge on any atom is 0.227 e. The molecule has 0 bridgehead atoms. The predicted octanol–water partition coefficient (Wildman–Crippen LogP) is 2.88. The van der Waals surface area contributed by atoms with E-state index in [4.69, 9.17) is 16.1 Å². The molecule has 0 aromatic carbocycles. The van der Waals surface area contributed by atoms with E-state index in [1.165, 1.54) is 11.2 Å². The zero-order valence-electron chi connectivity index (χ0n) is 8.24. The van der Waals surface area contributed by atoms with Gasteiger partial charge in [0.2, 0.25) is 5.89 Å². The van der Waals surface area contributed by atoms with Crippen LogP contribution in [0, 0.1) is 0 Å². The summed E-state index contributed by atoms with van der Waals surface area (Å²) in [5.41, 5.74) is 0. The summed E-state index contributed by atoms with van der Waals surface area (Å²) in [6, 6.07) is 2.02. The van der Waals surface area contributed by atoms with Gasteiger partial charge in [-0.05, 0) is 22.0 Å². The van der Waals surface area contributed by atoms with Gasteiger partial charge in [0, 0.05) is 28.9 Å². The molecule has 4 nitrogen and oxygen atoms in total. The Balaban J connectivity index is 1.72. The molecule has 86 valence electrons. The fourth-order valence-corrected chi connectivity index (χ4v) is 2.95. The Kier molecular flexibility index (Phi) is 4.34. The third kappa shape index (κ3) is 3.28. The normalized spacial score (nSPS) is 10.9. The fraction of sp³-hybridized carbons (Fsp3) is 0.333. The first-order valence-corrected chi connectivity index (χ1v) is 6.64. The lowest BCUT2D eigenvalue weighted by Gasteiger charge is -1.99. The molecule has 2 heterocycles. The van der Waals surface area contributed by atoms with Crippen molar-refractivity contribution < 1.29 is 4.52 Å². The fourth-order valence-electron chi connectivity index (χ4n) is 1.19. The van der Waals surface area contributed by atoms with Crippen molar-refractivity contribution in [2.24, 2.45) is 0 Å². The molecule has 0 radical (unpaired) electrons. The number of hydrogen-bond donors (Lipinski definition) is 1. The summed E-state index contributed by atoms with van der Waals surface area (Å²) >= 11 is 10.9. The molecule has 0 aliphatic heterocycles. The Bertz CT molecular complexity index is 426. The first kappa shape index (κ1) is 12.0. The van der Waals surface area contributed by atoms with Crippen LogP contribution in [-0.2, 0) is 13.0 Å². The molecular formula is C9H9BrClN3OS. The number of nitrogens with zero attached hydrogens (tertiary/aromatic N) is 2. The Labute approximate surface area is 110 Å². The Morgan fingerprint density at radius 2 is 2.44 bits per heavy atom.